The summed E-state index contributed by atoms with van der Waals surface area (Å²) in [4.78, 5) is 8.43. The van der Waals surface area contributed by atoms with E-state index in [2.05, 4.69) is 9.97 Å². The molecule has 20 heavy (non-hydrogen) atoms. The van der Waals surface area contributed by atoms with Crippen molar-refractivity contribution in [1.29, 1.82) is 0 Å². The van der Waals surface area contributed by atoms with Gasteiger partial charge in [0.2, 0.25) is 0 Å². The van der Waals surface area contributed by atoms with Crippen LogP contribution in [0.5, 0.6) is 0 Å². The van der Waals surface area contributed by atoms with Crippen LogP contribution in [0.15, 0.2) is 60.9 Å². The van der Waals surface area contributed by atoms with Crippen LogP contribution < -0.4 is 0 Å². The lowest BCUT2D eigenvalue weighted by Gasteiger charge is -2.06. The lowest BCUT2D eigenvalue weighted by atomic mass is 10.0. The third-order valence-corrected chi connectivity index (χ3v) is 2.93. The number of nitrogens with zero attached hydrogens (tertiary/aromatic N) is 2. The molecule has 0 aliphatic heterocycles. The molecule has 98 valence electrons. The molecule has 0 spiro atoms. The summed E-state index contributed by atoms with van der Waals surface area (Å²) in [5, 5.41) is 0. The Labute approximate surface area is 114 Å². The minimum atomic E-state index is -0.594. The molecular formula is C16H10F2N2. The zero-order valence-electron chi connectivity index (χ0n) is 10.4. The van der Waals surface area contributed by atoms with Crippen LogP contribution in [-0.2, 0) is 0 Å². The summed E-state index contributed by atoms with van der Waals surface area (Å²) in [6, 6.07) is 12.4. The quantitative estimate of drug-likeness (QED) is 0.699. The highest BCUT2D eigenvalue weighted by atomic mass is 19.1. The number of halogens is 2. The zero-order valence-corrected chi connectivity index (χ0v) is 10.4. The Bertz CT molecular complexity index is 742. The van der Waals surface area contributed by atoms with Gasteiger partial charge in [0.1, 0.15) is 11.6 Å². The molecule has 0 saturated carbocycles. The lowest BCUT2D eigenvalue weighted by molar-refractivity contribution is 0.585. The van der Waals surface area contributed by atoms with Gasteiger partial charge in [-0.25, -0.2) is 8.78 Å². The summed E-state index contributed by atoms with van der Waals surface area (Å²) in [5.74, 6) is -1.19. The van der Waals surface area contributed by atoms with Gasteiger partial charge >= 0.3 is 0 Å². The van der Waals surface area contributed by atoms with Crippen molar-refractivity contribution in [3.8, 4) is 22.5 Å². The highest BCUT2D eigenvalue weighted by Crippen LogP contribution is 2.26. The van der Waals surface area contributed by atoms with Crippen LogP contribution in [0.4, 0.5) is 8.78 Å². The average Bonchev–Trinajstić information content (AvgIpc) is 2.48. The highest BCUT2D eigenvalue weighted by Gasteiger charge is 2.08. The van der Waals surface area contributed by atoms with Gasteiger partial charge in [-0.05, 0) is 42.0 Å². The molecule has 0 atom stereocenters. The van der Waals surface area contributed by atoms with E-state index in [0.717, 1.165) is 6.07 Å². The molecule has 0 unspecified atom stereocenters. The fourth-order valence-corrected chi connectivity index (χ4v) is 1.98. The smallest absolute Gasteiger partial charge is 0.133 e. The third kappa shape index (κ3) is 2.40. The Morgan fingerprint density at radius 2 is 1.60 bits per heavy atom. The van der Waals surface area contributed by atoms with Crippen LogP contribution in [0.3, 0.4) is 0 Å². The topological polar surface area (TPSA) is 25.8 Å². The third-order valence-electron chi connectivity index (χ3n) is 2.93. The number of benzene rings is 1. The van der Waals surface area contributed by atoms with E-state index in [1.165, 1.54) is 12.1 Å². The van der Waals surface area contributed by atoms with Crippen molar-refractivity contribution < 1.29 is 8.78 Å². The van der Waals surface area contributed by atoms with Gasteiger partial charge in [-0.1, -0.05) is 6.07 Å². The first-order valence-electron chi connectivity index (χ1n) is 6.07. The molecule has 2 heterocycles. The fourth-order valence-electron chi connectivity index (χ4n) is 1.98. The van der Waals surface area contributed by atoms with Gasteiger partial charge in [0.25, 0.3) is 0 Å². The first-order valence-corrected chi connectivity index (χ1v) is 6.07. The van der Waals surface area contributed by atoms with E-state index in [4.69, 9.17) is 0 Å². The van der Waals surface area contributed by atoms with Gasteiger partial charge in [-0.3, -0.25) is 9.97 Å². The molecule has 2 nitrogen and oxygen atoms in total. The van der Waals surface area contributed by atoms with Gasteiger partial charge in [0.05, 0.1) is 11.4 Å². The average molecular weight is 268 g/mol. The van der Waals surface area contributed by atoms with Crippen molar-refractivity contribution in [2.75, 3.05) is 0 Å². The minimum absolute atomic E-state index is 0.339. The minimum Gasteiger partial charge on any atom is -0.255 e. The molecule has 4 heteroatoms. The Morgan fingerprint density at radius 1 is 0.750 bits per heavy atom. The molecule has 0 bridgehead atoms. The van der Waals surface area contributed by atoms with E-state index in [-0.39, 0.29) is 0 Å². The molecule has 0 aliphatic rings. The zero-order chi connectivity index (χ0) is 13.9. The van der Waals surface area contributed by atoms with E-state index >= 15 is 0 Å². The summed E-state index contributed by atoms with van der Waals surface area (Å²) in [6.07, 6.45) is 3.25. The van der Waals surface area contributed by atoms with E-state index in [0.29, 0.717) is 22.5 Å². The molecule has 2 aromatic heterocycles. The molecule has 0 aliphatic carbocycles. The Balaban J connectivity index is 2.08. The number of pyridine rings is 2. The summed E-state index contributed by atoms with van der Waals surface area (Å²) in [6.45, 7) is 0. The van der Waals surface area contributed by atoms with Crippen LogP contribution in [0.25, 0.3) is 22.5 Å². The second-order valence-electron chi connectivity index (χ2n) is 4.27. The molecule has 3 aromatic rings. The van der Waals surface area contributed by atoms with Gasteiger partial charge in [-0.15, -0.1) is 0 Å². The summed E-state index contributed by atoms with van der Waals surface area (Å²) in [7, 11) is 0. The summed E-state index contributed by atoms with van der Waals surface area (Å²) in [5.41, 5.74) is 2.33. The maximum atomic E-state index is 13.8. The molecule has 0 fully saturated rings. The summed E-state index contributed by atoms with van der Waals surface area (Å²) >= 11 is 0. The van der Waals surface area contributed by atoms with Crippen molar-refractivity contribution in [1.82, 2.24) is 9.97 Å². The molecule has 0 saturated heterocycles. The van der Waals surface area contributed by atoms with Crippen molar-refractivity contribution in [2.24, 2.45) is 0 Å². The van der Waals surface area contributed by atoms with E-state index in [1.807, 2.05) is 18.2 Å². The number of hydrogen-bond donors (Lipinski definition) is 0. The SMILES string of the molecule is Fc1ccc(-c2ccnc(-c3ccccn3)c2)c(F)c1. The monoisotopic (exact) mass is 268 g/mol. The Hall–Kier alpha value is -2.62. The van der Waals surface area contributed by atoms with Crippen molar-refractivity contribution in [3.63, 3.8) is 0 Å². The maximum absolute atomic E-state index is 13.8. The fraction of sp³-hybridized carbons (Fsp3) is 0. The number of rotatable bonds is 2. The van der Waals surface area contributed by atoms with E-state index in [9.17, 15) is 8.78 Å². The van der Waals surface area contributed by atoms with Crippen LogP contribution in [-0.4, -0.2) is 9.97 Å². The second kappa shape index (κ2) is 5.17. The Kier molecular flexibility index (Phi) is 3.21. The second-order valence-corrected chi connectivity index (χ2v) is 4.27. The predicted molar refractivity (Wildman–Crippen MR) is 72.8 cm³/mol. The van der Waals surface area contributed by atoms with Crippen LogP contribution in [0, 0.1) is 11.6 Å². The number of aromatic nitrogens is 2. The Morgan fingerprint density at radius 3 is 2.35 bits per heavy atom. The van der Waals surface area contributed by atoms with Gasteiger partial charge in [-0.2, -0.15) is 0 Å². The molecule has 0 radical (unpaired) electrons. The van der Waals surface area contributed by atoms with E-state index < -0.39 is 11.6 Å². The first kappa shape index (κ1) is 12.4. The van der Waals surface area contributed by atoms with Gasteiger partial charge in [0.15, 0.2) is 0 Å². The molecule has 0 N–H and O–H groups in total. The summed E-state index contributed by atoms with van der Waals surface area (Å²) < 4.78 is 26.7. The van der Waals surface area contributed by atoms with E-state index in [1.54, 1.807) is 24.5 Å². The molecular weight excluding hydrogens is 258 g/mol. The molecule has 3 rings (SSSR count). The largest absolute Gasteiger partial charge is 0.255 e. The van der Waals surface area contributed by atoms with Crippen molar-refractivity contribution in [2.45, 2.75) is 0 Å². The lowest BCUT2D eigenvalue weighted by Crippen LogP contribution is -1.90. The van der Waals surface area contributed by atoms with Gasteiger partial charge < -0.3 is 0 Å². The van der Waals surface area contributed by atoms with Crippen LogP contribution in [0.1, 0.15) is 0 Å². The standard InChI is InChI=1S/C16H10F2N2/c17-12-4-5-13(14(18)10-12)11-6-8-20-16(9-11)15-3-1-2-7-19-15/h1-10H. The van der Waals surface area contributed by atoms with Crippen molar-refractivity contribution in [3.05, 3.63) is 72.6 Å². The normalized spacial score (nSPS) is 10.5. The molecule has 0 amide bonds. The number of hydrogen-bond acceptors (Lipinski definition) is 2. The molecule has 1 aromatic carbocycles. The van der Waals surface area contributed by atoms with Crippen LogP contribution in [0.2, 0.25) is 0 Å². The van der Waals surface area contributed by atoms with Crippen LogP contribution >= 0.6 is 0 Å². The van der Waals surface area contributed by atoms with Crippen molar-refractivity contribution >= 4 is 0 Å². The van der Waals surface area contributed by atoms with Gasteiger partial charge in [0, 0.05) is 24.0 Å². The first-order chi connectivity index (χ1) is 9.74. The predicted octanol–water partition coefficient (Wildman–Crippen LogP) is 4.09. The highest BCUT2D eigenvalue weighted by molar-refractivity contribution is 5.69. The maximum Gasteiger partial charge on any atom is 0.133 e.